The van der Waals surface area contributed by atoms with Crippen molar-refractivity contribution in [3.05, 3.63) is 41.3 Å². The van der Waals surface area contributed by atoms with E-state index in [1.807, 2.05) is 13.0 Å². The predicted molar refractivity (Wildman–Crippen MR) is 89.9 cm³/mol. The van der Waals surface area contributed by atoms with Crippen molar-refractivity contribution in [1.82, 2.24) is 10.1 Å². The Morgan fingerprint density at radius 1 is 1.36 bits per heavy atom. The van der Waals surface area contributed by atoms with Gasteiger partial charge < -0.3 is 24.0 Å². The summed E-state index contributed by atoms with van der Waals surface area (Å²) >= 11 is 0. The van der Waals surface area contributed by atoms with Gasteiger partial charge in [-0.1, -0.05) is 11.2 Å². The monoisotopic (exact) mass is 346 g/mol. The number of hydrogen-bond donors (Lipinski definition) is 1. The molecular formula is C18H22N2O5. The lowest BCUT2D eigenvalue weighted by Crippen LogP contribution is -2.30. The smallest absolute Gasteiger partial charge is 0.257 e. The van der Waals surface area contributed by atoms with Crippen LogP contribution in [-0.4, -0.2) is 54.5 Å². The Morgan fingerprint density at radius 2 is 2.16 bits per heavy atom. The minimum atomic E-state index is -0.606. The molecule has 1 saturated heterocycles. The molecule has 3 rings (SSSR count). The number of aliphatic hydroxyl groups is 1. The fraction of sp³-hybridized carbons (Fsp3) is 0.444. The van der Waals surface area contributed by atoms with Gasteiger partial charge in [-0.15, -0.1) is 0 Å². The summed E-state index contributed by atoms with van der Waals surface area (Å²) in [4.78, 5) is 14.5. The molecule has 25 heavy (non-hydrogen) atoms. The van der Waals surface area contributed by atoms with Gasteiger partial charge >= 0.3 is 0 Å². The second kappa shape index (κ2) is 7.14. The van der Waals surface area contributed by atoms with Crippen molar-refractivity contribution in [3.8, 4) is 11.5 Å². The number of nitrogens with zero attached hydrogens (tertiary/aromatic N) is 2. The molecule has 7 heteroatoms. The van der Waals surface area contributed by atoms with Crippen LogP contribution in [0.3, 0.4) is 0 Å². The first-order chi connectivity index (χ1) is 12.0. The van der Waals surface area contributed by atoms with Gasteiger partial charge in [-0.3, -0.25) is 4.79 Å². The summed E-state index contributed by atoms with van der Waals surface area (Å²) < 4.78 is 15.8. The number of carbonyl (C=O) groups is 1. The molecule has 0 aliphatic carbocycles. The van der Waals surface area contributed by atoms with Crippen LogP contribution in [0.4, 0.5) is 0 Å². The van der Waals surface area contributed by atoms with Crippen molar-refractivity contribution < 1.29 is 23.9 Å². The molecule has 0 saturated carbocycles. The molecule has 2 heterocycles. The summed E-state index contributed by atoms with van der Waals surface area (Å²) in [5.74, 6) is 1.34. The van der Waals surface area contributed by atoms with Crippen LogP contribution >= 0.6 is 0 Å². The standard InChI is InChI=1S/C18H22N2O5/c1-11-7-13(25-19-11)8-12-9-20(10-15(12)21)18(22)14-5-4-6-16(23-2)17(14)24-3/h4-7,12,15,21H,8-10H2,1-3H3/t12-,15+/m1/s1. The number of aliphatic hydroxyl groups excluding tert-OH is 1. The number of amides is 1. The first-order valence-corrected chi connectivity index (χ1v) is 8.14. The van der Waals surface area contributed by atoms with Crippen LogP contribution in [0.5, 0.6) is 11.5 Å². The highest BCUT2D eigenvalue weighted by Crippen LogP contribution is 2.33. The molecule has 1 aliphatic rings. The molecule has 0 radical (unpaired) electrons. The quantitative estimate of drug-likeness (QED) is 0.887. The van der Waals surface area contributed by atoms with Crippen molar-refractivity contribution in [2.75, 3.05) is 27.3 Å². The summed E-state index contributed by atoms with van der Waals surface area (Å²) in [6, 6.07) is 7.03. The van der Waals surface area contributed by atoms with Crippen molar-refractivity contribution in [2.24, 2.45) is 5.92 Å². The van der Waals surface area contributed by atoms with Crippen molar-refractivity contribution in [2.45, 2.75) is 19.4 Å². The van der Waals surface area contributed by atoms with Crippen LogP contribution in [0.1, 0.15) is 21.8 Å². The summed E-state index contributed by atoms with van der Waals surface area (Å²) in [5, 5.41) is 14.2. The van der Waals surface area contributed by atoms with Crippen molar-refractivity contribution >= 4 is 5.91 Å². The van der Waals surface area contributed by atoms with Crippen LogP contribution in [-0.2, 0) is 6.42 Å². The molecule has 1 amide bonds. The first-order valence-electron chi connectivity index (χ1n) is 8.14. The molecule has 7 nitrogen and oxygen atoms in total. The first kappa shape index (κ1) is 17.3. The Labute approximate surface area is 146 Å². The Hall–Kier alpha value is -2.54. The number of ether oxygens (including phenoxy) is 2. The lowest BCUT2D eigenvalue weighted by atomic mass is 10.0. The van der Waals surface area contributed by atoms with Crippen molar-refractivity contribution in [3.63, 3.8) is 0 Å². The normalized spacial score (nSPS) is 19.9. The number of β-amino-alcohol motifs (C(OH)–C–C–N with tert-alkyl or cyclic N) is 1. The van der Waals surface area contributed by atoms with Crippen LogP contribution in [0.15, 0.2) is 28.8 Å². The molecule has 1 aromatic carbocycles. The van der Waals surface area contributed by atoms with Gasteiger partial charge in [0.1, 0.15) is 5.76 Å². The van der Waals surface area contributed by atoms with Crippen LogP contribution in [0, 0.1) is 12.8 Å². The van der Waals surface area contributed by atoms with Gasteiger partial charge in [0.05, 0.1) is 31.6 Å². The maximum atomic E-state index is 12.9. The predicted octanol–water partition coefficient (Wildman–Crippen LogP) is 1.68. The molecule has 0 bridgehead atoms. The van der Waals surface area contributed by atoms with Crippen LogP contribution in [0.25, 0.3) is 0 Å². The number of aromatic nitrogens is 1. The highest BCUT2D eigenvalue weighted by molar-refractivity contribution is 5.98. The molecule has 2 aromatic rings. The zero-order chi connectivity index (χ0) is 18.0. The number of benzene rings is 1. The van der Waals surface area contributed by atoms with Gasteiger partial charge in [0.25, 0.3) is 5.91 Å². The van der Waals surface area contributed by atoms with E-state index in [0.29, 0.717) is 30.0 Å². The highest BCUT2D eigenvalue weighted by Gasteiger charge is 2.36. The van der Waals surface area contributed by atoms with Gasteiger partial charge in [-0.25, -0.2) is 0 Å². The molecule has 1 N–H and O–H groups in total. The summed E-state index contributed by atoms with van der Waals surface area (Å²) in [6.45, 7) is 2.57. The molecule has 1 aromatic heterocycles. The Bertz CT molecular complexity index is 758. The second-order valence-electron chi connectivity index (χ2n) is 6.22. The van der Waals surface area contributed by atoms with E-state index in [-0.39, 0.29) is 18.4 Å². The number of hydrogen-bond acceptors (Lipinski definition) is 6. The van der Waals surface area contributed by atoms with Crippen molar-refractivity contribution in [1.29, 1.82) is 0 Å². The fourth-order valence-corrected chi connectivity index (χ4v) is 3.22. The number of aryl methyl sites for hydroxylation is 1. The van der Waals surface area contributed by atoms with E-state index in [1.54, 1.807) is 23.1 Å². The Morgan fingerprint density at radius 3 is 2.80 bits per heavy atom. The maximum Gasteiger partial charge on any atom is 0.257 e. The molecule has 1 aliphatic heterocycles. The van der Waals surface area contributed by atoms with E-state index < -0.39 is 6.10 Å². The topological polar surface area (TPSA) is 85.0 Å². The van der Waals surface area contributed by atoms with Gasteiger partial charge in [-0.2, -0.15) is 0 Å². The van der Waals surface area contributed by atoms with Gasteiger partial charge in [0, 0.05) is 31.5 Å². The number of likely N-dealkylation sites (tertiary alicyclic amines) is 1. The van der Waals surface area contributed by atoms with E-state index in [4.69, 9.17) is 14.0 Å². The van der Waals surface area contributed by atoms with E-state index in [9.17, 15) is 9.90 Å². The Kier molecular flexibility index (Phi) is 4.94. The van der Waals surface area contributed by atoms with Crippen LogP contribution in [0.2, 0.25) is 0 Å². The molecule has 134 valence electrons. The zero-order valence-electron chi connectivity index (χ0n) is 14.6. The molecule has 0 unspecified atom stereocenters. The third-order valence-electron chi connectivity index (χ3n) is 4.47. The fourth-order valence-electron chi connectivity index (χ4n) is 3.22. The average Bonchev–Trinajstić information content (AvgIpc) is 3.19. The van der Waals surface area contributed by atoms with Gasteiger partial charge in [-0.05, 0) is 19.1 Å². The molecule has 1 fully saturated rings. The molecule has 0 spiro atoms. The average molecular weight is 346 g/mol. The maximum absolute atomic E-state index is 12.9. The lowest BCUT2D eigenvalue weighted by molar-refractivity contribution is 0.0760. The van der Waals surface area contributed by atoms with E-state index >= 15 is 0 Å². The minimum Gasteiger partial charge on any atom is -0.493 e. The summed E-state index contributed by atoms with van der Waals surface area (Å²) in [6.07, 6.45) is -0.0629. The van der Waals surface area contributed by atoms with Crippen LogP contribution < -0.4 is 9.47 Å². The molecular weight excluding hydrogens is 324 g/mol. The summed E-state index contributed by atoms with van der Waals surface area (Å²) in [5.41, 5.74) is 1.22. The molecule has 2 atom stereocenters. The number of para-hydroxylation sites is 1. The van der Waals surface area contributed by atoms with Gasteiger partial charge in [0.2, 0.25) is 0 Å². The zero-order valence-corrected chi connectivity index (χ0v) is 14.6. The Balaban J connectivity index is 1.76. The summed E-state index contributed by atoms with van der Waals surface area (Å²) in [7, 11) is 3.03. The lowest BCUT2D eigenvalue weighted by Gasteiger charge is -2.18. The number of rotatable bonds is 5. The number of methoxy groups -OCH3 is 2. The largest absolute Gasteiger partial charge is 0.493 e. The van der Waals surface area contributed by atoms with E-state index in [1.165, 1.54) is 14.2 Å². The highest BCUT2D eigenvalue weighted by atomic mass is 16.5. The SMILES string of the molecule is COc1cccc(C(=O)N2C[C@@H](Cc3cc(C)no3)[C@@H](O)C2)c1OC. The van der Waals surface area contributed by atoms with Gasteiger partial charge in [0.15, 0.2) is 11.5 Å². The van der Waals surface area contributed by atoms with E-state index in [2.05, 4.69) is 5.16 Å². The minimum absolute atomic E-state index is 0.0899. The third-order valence-corrected chi connectivity index (χ3v) is 4.47. The second-order valence-corrected chi connectivity index (χ2v) is 6.22. The number of carbonyl (C=O) groups excluding carboxylic acids is 1. The van der Waals surface area contributed by atoms with E-state index in [0.717, 1.165) is 11.5 Å². The third kappa shape index (κ3) is 3.46.